The van der Waals surface area contributed by atoms with Crippen molar-refractivity contribution in [2.45, 2.75) is 0 Å². The molecule has 16 heavy (non-hydrogen) atoms. The van der Waals surface area contributed by atoms with Crippen LogP contribution in [-0.2, 0) is 7.05 Å². The van der Waals surface area contributed by atoms with Gasteiger partial charge in [-0.3, -0.25) is 4.79 Å². The van der Waals surface area contributed by atoms with Crippen molar-refractivity contribution in [1.82, 2.24) is 4.57 Å². The van der Waals surface area contributed by atoms with Crippen LogP contribution in [0.15, 0.2) is 58.7 Å². The summed E-state index contributed by atoms with van der Waals surface area (Å²) < 4.78 is 7.58. The van der Waals surface area contributed by atoms with Crippen molar-refractivity contribution in [2.24, 2.45) is 7.05 Å². The van der Waals surface area contributed by atoms with Crippen molar-refractivity contribution in [3.8, 4) is 5.75 Å². The van der Waals surface area contributed by atoms with Gasteiger partial charge >= 0.3 is 0 Å². The van der Waals surface area contributed by atoms with E-state index in [1.807, 2.05) is 0 Å². The molecule has 0 aliphatic carbocycles. The zero-order valence-corrected chi connectivity index (χ0v) is 10.5. The van der Waals surface area contributed by atoms with Crippen LogP contribution in [0.2, 0.25) is 0 Å². The lowest BCUT2D eigenvalue weighted by atomic mass is 10.4. The predicted molar refractivity (Wildman–Crippen MR) is 68.5 cm³/mol. The molecular formula is C12H12BrNO2. The van der Waals surface area contributed by atoms with E-state index in [-0.39, 0.29) is 5.56 Å². The van der Waals surface area contributed by atoms with Gasteiger partial charge < -0.3 is 9.30 Å². The van der Waals surface area contributed by atoms with E-state index in [1.54, 1.807) is 31.5 Å². The molecule has 1 aromatic rings. The van der Waals surface area contributed by atoms with Gasteiger partial charge in [-0.05, 0) is 28.1 Å². The number of hydrogen-bond acceptors (Lipinski definition) is 2. The minimum atomic E-state index is -0.105. The summed E-state index contributed by atoms with van der Waals surface area (Å²) in [7, 11) is 1.66. The van der Waals surface area contributed by atoms with E-state index in [4.69, 9.17) is 4.74 Å². The molecule has 0 spiro atoms. The lowest BCUT2D eigenvalue weighted by Crippen LogP contribution is -2.15. The molecular weight excluding hydrogens is 270 g/mol. The normalized spacial score (nSPS) is 11.0. The third-order valence-corrected chi connectivity index (χ3v) is 2.47. The van der Waals surface area contributed by atoms with Gasteiger partial charge in [-0.1, -0.05) is 19.2 Å². The average Bonchev–Trinajstić information content (AvgIpc) is 2.25. The zero-order chi connectivity index (χ0) is 12.1. The first-order chi connectivity index (χ1) is 7.58. The van der Waals surface area contributed by atoms with Gasteiger partial charge in [0, 0.05) is 13.1 Å². The highest BCUT2D eigenvalue weighted by atomic mass is 79.9. The van der Waals surface area contributed by atoms with E-state index >= 15 is 0 Å². The third-order valence-electron chi connectivity index (χ3n) is 1.86. The standard InChI is InChI=1S/C12H12BrNO2/c1-4-6-9(5-2)16-11-8-14(3)12(15)7-10(11)13/h4-8H,1-2H2,3H3/b9-6+. The minimum absolute atomic E-state index is 0.105. The van der Waals surface area contributed by atoms with Crippen molar-refractivity contribution in [3.05, 3.63) is 64.2 Å². The van der Waals surface area contributed by atoms with Crippen LogP contribution < -0.4 is 10.3 Å². The number of aromatic nitrogens is 1. The molecule has 1 rings (SSSR count). The monoisotopic (exact) mass is 281 g/mol. The number of aryl methyl sites for hydroxylation is 1. The Balaban J connectivity index is 3.10. The highest BCUT2D eigenvalue weighted by molar-refractivity contribution is 9.10. The van der Waals surface area contributed by atoms with E-state index < -0.39 is 0 Å². The summed E-state index contributed by atoms with van der Waals surface area (Å²) >= 11 is 3.26. The molecule has 1 aromatic heterocycles. The first-order valence-corrected chi connectivity index (χ1v) is 5.37. The molecule has 0 aliphatic heterocycles. The molecule has 84 valence electrons. The molecule has 0 fully saturated rings. The van der Waals surface area contributed by atoms with E-state index in [2.05, 4.69) is 29.1 Å². The molecule has 0 radical (unpaired) electrons. The number of rotatable bonds is 4. The van der Waals surface area contributed by atoms with Crippen molar-refractivity contribution < 1.29 is 4.74 Å². The molecule has 0 aliphatic rings. The van der Waals surface area contributed by atoms with E-state index in [9.17, 15) is 4.79 Å². The summed E-state index contributed by atoms with van der Waals surface area (Å²) in [6, 6.07) is 1.45. The molecule has 0 saturated carbocycles. The molecule has 3 nitrogen and oxygen atoms in total. The second-order valence-corrected chi connectivity index (χ2v) is 3.90. The fraction of sp³-hybridized carbons (Fsp3) is 0.0833. The first-order valence-electron chi connectivity index (χ1n) is 4.57. The second kappa shape index (κ2) is 5.51. The maximum Gasteiger partial charge on any atom is 0.251 e. The van der Waals surface area contributed by atoms with Crippen molar-refractivity contribution >= 4 is 15.9 Å². The Morgan fingerprint density at radius 2 is 2.25 bits per heavy atom. The molecule has 0 bridgehead atoms. The summed E-state index contributed by atoms with van der Waals surface area (Å²) in [6.45, 7) is 7.19. The number of halogens is 1. The molecule has 4 heteroatoms. The van der Waals surface area contributed by atoms with E-state index in [1.165, 1.54) is 10.6 Å². The van der Waals surface area contributed by atoms with Gasteiger partial charge in [-0.15, -0.1) is 0 Å². The fourth-order valence-electron chi connectivity index (χ4n) is 1.04. The Morgan fingerprint density at radius 3 is 2.81 bits per heavy atom. The van der Waals surface area contributed by atoms with Gasteiger partial charge in [0.2, 0.25) is 0 Å². The Bertz CT molecular complexity index is 500. The lowest BCUT2D eigenvalue weighted by molar-refractivity contribution is 0.436. The molecule has 0 atom stereocenters. The Labute approximate surface area is 102 Å². The quantitative estimate of drug-likeness (QED) is 0.628. The van der Waals surface area contributed by atoms with Crippen LogP contribution in [0, 0.1) is 0 Å². The van der Waals surface area contributed by atoms with Crippen LogP contribution >= 0.6 is 15.9 Å². The number of allylic oxidation sites excluding steroid dienone is 3. The molecule has 1 heterocycles. The van der Waals surface area contributed by atoms with E-state index in [0.29, 0.717) is 16.0 Å². The van der Waals surface area contributed by atoms with Crippen LogP contribution in [0.5, 0.6) is 5.75 Å². The van der Waals surface area contributed by atoms with Crippen LogP contribution in [-0.4, -0.2) is 4.57 Å². The van der Waals surface area contributed by atoms with Crippen LogP contribution in [0.4, 0.5) is 0 Å². The summed E-state index contributed by atoms with van der Waals surface area (Å²) in [6.07, 6.45) is 6.46. The van der Waals surface area contributed by atoms with Crippen LogP contribution in [0.3, 0.4) is 0 Å². The highest BCUT2D eigenvalue weighted by Gasteiger charge is 2.05. The molecule has 0 amide bonds. The smallest absolute Gasteiger partial charge is 0.251 e. The number of pyridine rings is 1. The van der Waals surface area contributed by atoms with Crippen molar-refractivity contribution in [1.29, 1.82) is 0 Å². The first kappa shape index (κ1) is 12.5. The average molecular weight is 282 g/mol. The Morgan fingerprint density at radius 1 is 1.56 bits per heavy atom. The number of hydrogen-bond donors (Lipinski definition) is 0. The third kappa shape index (κ3) is 2.97. The van der Waals surface area contributed by atoms with Gasteiger partial charge in [-0.2, -0.15) is 0 Å². The lowest BCUT2D eigenvalue weighted by Gasteiger charge is -2.09. The van der Waals surface area contributed by atoms with Gasteiger partial charge in [0.15, 0.2) is 5.75 Å². The maximum atomic E-state index is 11.3. The Hall–Kier alpha value is -1.55. The van der Waals surface area contributed by atoms with Gasteiger partial charge in [-0.25, -0.2) is 0 Å². The summed E-state index contributed by atoms with van der Waals surface area (Å²) in [5.41, 5.74) is -0.105. The summed E-state index contributed by atoms with van der Waals surface area (Å²) in [5, 5.41) is 0. The van der Waals surface area contributed by atoms with E-state index in [0.717, 1.165) is 0 Å². The number of ether oxygens (including phenoxy) is 1. The van der Waals surface area contributed by atoms with Gasteiger partial charge in [0.25, 0.3) is 5.56 Å². The van der Waals surface area contributed by atoms with Crippen molar-refractivity contribution in [3.63, 3.8) is 0 Å². The molecule has 0 aromatic carbocycles. The van der Waals surface area contributed by atoms with Crippen LogP contribution in [0.1, 0.15) is 0 Å². The highest BCUT2D eigenvalue weighted by Crippen LogP contribution is 2.24. The SMILES string of the molecule is C=C/C=C(\C=C)Oc1cn(C)c(=O)cc1Br. The maximum absolute atomic E-state index is 11.3. The van der Waals surface area contributed by atoms with Crippen LogP contribution in [0.25, 0.3) is 0 Å². The Kier molecular flexibility index (Phi) is 4.31. The summed E-state index contributed by atoms with van der Waals surface area (Å²) in [5.74, 6) is 1.12. The predicted octanol–water partition coefficient (Wildman–Crippen LogP) is 2.78. The second-order valence-electron chi connectivity index (χ2n) is 3.05. The fourth-order valence-corrected chi connectivity index (χ4v) is 1.42. The van der Waals surface area contributed by atoms with Gasteiger partial charge in [0.05, 0.1) is 10.7 Å². The molecule has 0 saturated heterocycles. The largest absolute Gasteiger partial charge is 0.455 e. The molecule has 0 unspecified atom stereocenters. The van der Waals surface area contributed by atoms with Gasteiger partial charge in [0.1, 0.15) is 5.76 Å². The summed E-state index contributed by atoms with van der Waals surface area (Å²) in [4.78, 5) is 11.3. The minimum Gasteiger partial charge on any atom is -0.455 e. The zero-order valence-electron chi connectivity index (χ0n) is 8.94. The van der Waals surface area contributed by atoms with Crippen molar-refractivity contribution in [2.75, 3.05) is 0 Å². The topological polar surface area (TPSA) is 31.2 Å². The number of nitrogens with zero attached hydrogens (tertiary/aromatic N) is 1. The molecule has 0 N–H and O–H groups in total.